The zero-order chi connectivity index (χ0) is 23.3. The van der Waals surface area contributed by atoms with Crippen molar-refractivity contribution >= 4 is 5.69 Å². The van der Waals surface area contributed by atoms with Crippen molar-refractivity contribution in [3.63, 3.8) is 0 Å². The van der Waals surface area contributed by atoms with Gasteiger partial charge in [-0.3, -0.25) is 4.90 Å². The minimum atomic E-state index is -0.216. The van der Waals surface area contributed by atoms with E-state index in [2.05, 4.69) is 49.6 Å². The Morgan fingerprint density at radius 2 is 1.59 bits per heavy atom. The maximum atomic E-state index is 13.4. The molecule has 174 valence electrons. The number of hydrogen-bond acceptors (Lipinski definition) is 6. The lowest BCUT2D eigenvalue weighted by Crippen LogP contribution is -2.48. The lowest BCUT2D eigenvalue weighted by Gasteiger charge is -2.40. The Kier molecular flexibility index (Phi) is 6.49. The summed E-state index contributed by atoms with van der Waals surface area (Å²) in [6.07, 6.45) is 0. The van der Waals surface area contributed by atoms with E-state index >= 15 is 0 Å². The smallest absolute Gasteiger partial charge is 0.173 e. The molecule has 0 amide bonds. The van der Waals surface area contributed by atoms with Crippen molar-refractivity contribution in [2.45, 2.75) is 12.6 Å². The van der Waals surface area contributed by atoms with Crippen LogP contribution in [0.3, 0.4) is 0 Å². The standard InChI is InChI=1S/C26H27FN6O/c1-34-24-13-7-21(8-14-24)25(26-28-29-30-33(26)19-20-5-3-2-4-6-20)32-17-15-31(16-18-32)23-11-9-22(27)10-12-23/h2-14,25H,15-19H2,1H3/t25-/m0/s1. The molecule has 0 bridgehead atoms. The average Bonchev–Trinajstić information content (AvgIpc) is 3.33. The van der Waals surface area contributed by atoms with Gasteiger partial charge in [-0.25, -0.2) is 9.07 Å². The molecule has 2 heterocycles. The van der Waals surface area contributed by atoms with Gasteiger partial charge in [-0.2, -0.15) is 0 Å². The number of hydrogen-bond donors (Lipinski definition) is 0. The SMILES string of the molecule is COc1ccc([C@@H](c2nnnn2Cc2ccccc2)N2CCN(c3ccc(F)cc3)CC2)cc1. The summed E-state index contributed by atoms with van der Waals surface area (Å²) in [5.74, 6) is 1.41. The second-order valence-electron chi connectivity index (χ2n) is 8.36. The summed E-state index contributed by atoms with van der Waals surface area (Å²) in [7, 11) is 1.67. The van der Waals surface area contributed by atoms with Gasteiger partial charge in [0.25, 0.3) is 0 Å². The van der Waals surface area contributed by atoms with Crippen molar-refractivity contribution in [3.05, 3.63) is 102 Å². The lowest BCUT2D eigenvalue weighted by atomic mass is 10.0. The van der Waals surface area contributed by atoms with E-state index in [1.807, 2.05) is 47.1 Å². The first-order valence-electron chi connectivity index (χ1n) is 11.4. The third-order valence-corrected chi connectivity index (χ3v) is 6.28. The molecule has 8 heteroatoms. The summed E-state index contributed by atoms with van der Waals surface area (Å²) in [6.45, 7) is 3.92. The van der Waals surface area contributed by atoms with Gasteiger partial charge in [0.2, 0.25) is 0 Å². The summed E-state index contributed by atoms with van der Waals surface area (Å²) in [6, 6.07) is 24.9. The number of nitrogens with zero attached hydrogens (tertiary/aromatic N) is 6. The van der Waals surface area contributed by atoms with Crippen LogP contribution < -0.4 is 9.64 Å². The molecule has 5 rings (SSSR count). The van der Waals surface area contributed by atoms with Crippen LogP contribution in [-0.4, -0.2) is 58.4 Å². The number of rotatable bonds is 7. The fourth-order valence-electron chi connectivity index (χ4n) is 4.48. The second kappa shape index (κ2) is 10.0. The van der Waals surface area contributed by atoms with Crippen LogP contribution in [0.15, 0.2) is 78.9 Å². The number of methoxy groups -OCH3 is 1. The fraction of sp³-hybridized carbons (Fsp3) is 0.269. The molecule has 0 N–H and O–H groups in total. The molecule has 4 aromatic rings. The third kappa shape index (κ3) is 4.77. The molecule has 0 radical (unpaired) electrons. The van der Waals surface area contributed by atoms with Crippen LogP contribution in [0, 0.1) is 5.82 Å². The highest BCUT2D eigenvalue weighted by Gasteiger charge is 2.30. The Hall–Kier alpha value is -3.78. The number of tetrazole rings is 1. The van der Waals surface area contributed by atoms with Crippen LogP contribution in [0.4, 0.5) is 10.1 Å². The summed E-state index contributed by atoms with van der Waals surface area (Å²) < 4.78 is 20.6. The zero-order valence-corrected chi connectivity index (χ0v) is 19.1. The molecule has 1 aromatic heterocycles. The van der Waals surface area contributed by atoms with Gasteiger partial charge in [0, 0.05) is 31.9 Å². The third-order valence-electron chi connectivity index (χ3n) is 6.28. The minimum absolute atomic E-state index is 0.0972. The Bertz CT molecular complexity index is 1190. The van der Waals surface area contributed by atoms with Gasteiger partial charge in [0.1, 0.15) is 11.6 Å². The van der Waals surface area contributed by atoms with E-state index in [0.717, 1.165) is 54.6 Å². The van der Waals surface area contributed by atoms with E-state index in [-0.39, 0.29) is 11.9 Å². The average molecular weight is 459 g/mol. The molecule has 1 aliphatic rings. The number of benzene rings is 3. The molecule has 0 spiro atoms. The Morgan fingerprint density at radius 3 is 2.26 bits per heavy atom. The highest BCUT2D eigenvalue weighted by atomic mass is 19.1. The summed E-state index contributed by atoms with van der Waals surface area (Å²) >= 11 is 0. The number of piperazine rings is 1. The molecule has 1 aliphatic heterocycles. The van der Waals surface area contributed by atoms with Crippen molar-refractivity contribution in [1.82, 2.24) is 25.1 Å². The number of halogens is 1. The van der Waals surface area contributed by atoms with Crippen molar-refractivity contribution in [2.24, 2.45) is 0 Å². The molecule has 0 aliphatic carbocycles. The number of anilines is 1. The predicted molar refractivity (Wildman–Crippen MR) is 128 cm³/mol. The minimum Gasteiger partial charge on any atom is -0.497 e. The molecule has 1 atom stereocenters. The molecule has 7 nitrogen and oxygen atoms in total. The van der Waals surface area contributed by atoms with Gasteiger partial charge in [-0.05, 0) is 58.0 Å². The topological polar surface area (TPSA) is 59.3 Å². The highest BCUT2D eigenvalue weighted by Crippen LogP contribution is 2.30. The van der Waals surface area contributed by atoms with E-state index in [0.29, 0.717) is 6.54 Å². The fourth-order valence-corrected chi connectivity index (χ4v) is 4.48. The van der Waals surface area contributed by atoms with E-state index in [1.54, 1.807) is 7.11 Å². The first-order chi connectivity index (χ1) is 16.7. The Balaban J connectivity index is 1.42. The van der Waals surface area contributed by atoms with Crippen molar-refractivity contribution in [3.8, 4) is 5.75 Å². The van der Waals surface area contributed by atoms with Crippen LogP contribution in [0.25, 0.3) is 0 Å². The van der Waals surface area contributed by atoms with Crippen LogP contribution in [-0.2, 0) is 6.54 Å². The summed E-state index contributed by atoms with van der Waals surface area (Å²) in [5, 5.41) is 12.8. The van der Waals surface area contributed by atoms with Gasteiger partial charge in [-0.1, -0.05) is 42.5 Å². The molecule has 0 unspecified atom stereocenters. The Labute approximate surface area is 198 Å². The van der Waals surface area contributed by atoms with Gasteiger partial charge in [0.05, 0.1) is 19.7 Å². The zero-order valence-electron chi connectivity index (χ0n) is 19.1. The van der Waals surface area contributed by atoms with Crippen LogP contribution in [0.2, 0.25) is 0 Å². The van der Waals surface area contributed by atoms with Gasteiger partial charge in [0.15, 0.2) is 5.82 Å². The molecular formula is C26H27FN6O. The molecule has 1 saturated heterocycles. The number of aromatic nitrogens is 4. The van der Waals surface area contributed by atoms with Crippen LogP contribution in [0.1, 0.15) is 23.0 Å². The second-order valence-corrected chi connectivity index (χ2v) is 8.36. The van der Waals surface area contributed by atoms with Gasteiger partial charge in [-0.15, -0.1) is 5.10 Å². The number of ether oxygens (including phenoxy) is 1. The summed E-state index contributed by atoms with van der Waals surface area (Å²) in [5.41, 5.74) is 3.29. The van der Waals surface area contributed by atoms with E-state index in [9.17, 15) is 4.39 Å². The van der Waals surface area contributed by atoms with Crippen molar-refractivity contribution in [2.75, 3.05) is 38.2 Å². The molecule has 3 aromatic carbocycles. The molecular weight excluding hydrogens is 431 g/mol. The first-order valence-corrected chi connectivity index (χ1v) is 11.4. The first kappa shape index (κ1) is 22.0. The monoisotopic (exact) mass is 458 g/mol. The van der Waals surface area contributed by atoms with E-state index < -0.39 is 0 Å². The van der Waals surface area contributed by atoms with Crippen molar-refractivity contribution in [1.29, 1.82) is 0 Å². The lowest BCUT2D eigenvalue weighted by molar-refractivity contribution is 0.201. The molecule has 1 fully saturated rings. The van der Waals surface area contributed by atoms with Crippen LogP contribution >= 0.6 is 0 Å². The quantitative estimate of drug-likeness (QED) is 0.420. The van der Waals surface area contributed by atoms with E-state index in [4.69, 9.17) is 4.74 Å². The van der Waals surface area contributed by atoms with Crippen LogP contribution in [0.5, 0.6) is 5.75 Å². The maximum absolute atomic E-state index is 13.4. The highest BCUT2D eigenvalue weighted by molar-refractivity contribution is 5.47. The molecule has 0 saturated carbocycles. The maximum Gasteiger partial charge on any atom is 0.173 e. The Morgan fingerprint density at radius 1 is 0.882 bits per heavy atom. The predicted octanol–water partition coefficient (Wildman–Crippen LogP) is 3.78. The van der Waals surface area contributed by atoms with Gasteiger partial charge >= 0.3 is 0 Å². The largest absolute Gasteiger partial charge is 0.497 e. The van der Waals surface area contributed by atoms with Gasteiger partial charge < -0.3 is 9.64 Å². The van der Waals surface area contributed by atoms with E-state index in [1.165, 1.54) is 12.1 Å². The summed E-state index contributed by atoms with van der Waals surface area (Å²) in [4.78, 5) is 4.70. The molecule has 34 heavy (non-hydrogen) atoms. The normalized spacial score (nSPS) is 15.3. The van der Waals surface area contributed by atoms with Crippen molar-refractivity contribution < 1.29 is 9.13 Å².